The van der Waals surface area contributed by atoms with Gasteiger partial charge in [0.05, 0.1) is 18.1 Å². The van der Waals surface area contributed by atoms with Gasteiger partial charge in [-0.25, -0.2) is 0 Å². The maximum atomic E-state index is 5.51. The van der Waals surface area contributed by atoms with Gasteiger partial charge in [-0.3, -0.25) is 10.2 Å². The zero-order chi connectivity index (χ0) is 11.4. The Hall–Kier alpha value is -1.66. The Morgan fingerprint density at radius 1 is 1.38 bits per heavy atom. The summed E-state index contributed by atoms with van der Waals surface area (Å²) in [7, 11) is 2.04. The number of hydrogen-bond acceptors (Lipinski definition) is 4. The SMILES string of the molecule is CN(CCN)Cc1cn[nH]c1-c1cn[nH]c1. The molecule has 0 saturated heterocycles. The Morgan fingerprint density at radius 2 is 2.25 bits per heavy atom. The molecule has 0 aliphatic carbocycles. The summed E-state index contributed by atoms with van der Waals surface area (Å²) in [6.45, 7) is 2.36. The van der Waals surface area contributed by atoms with Crippen molar-refractivity contribution >= 4 is 0 Å². The van der Waals surface area contributed by atoms with Crippen LogP contribution >= 0.6 is 0 Å². The van der Waals surface area contributed by atoms with E-state index in [1.54, 1.807) is 6.20 Å². The average Bonchev–Trinajstić information content (AvgIpc) is 2.86. The second kappa shape index (κ2) is 4.91. The number of nitrogens with two attached hydrogens (primary N) is 1. The highest BCUT2D eigenvalue weighted by Gasteiger charge is 2.10. The third-order valence-corrected chi connectivity index (χ3v) is 2.46. The Bertz CT molecular complexity index is 418. The van der Waals surface area contributed by atoms with Crippen molar-refractivity contribution in [2.24, 2.45) is 5.73 Å². The summed E-state index contributed by atoms with van der Waals surface area (Å²) < 4.78 is 0. The van der Waals surface area contributed by atoms with Crippen molar-refractivity contribution in [3.8, 4) is 11.3 Å². The first kappa shape index (κ1) is 10.8. The highest BCUT2D eigenvalue weighted by atomic mass is 15.1. The van der Waals surface area contributed by atoms with Crippen LogP contribution in [0.1, 0.15) is 5.56 Å². The molecule has 6 heteroatoms. The van der Waals surface area contributed by atoms with Crippen molar-refractivity contribution in [1.82, 2.24) is 25.3 Å². The summed E-state index contributed by atoms with van der Waals surface area (Å²) in [5.41, 5.74) is 8.69. The molecule has 0 aliphatic heterocycles. The molecule has 0 atom stereocenters. The predicted molar refractivity (Wildman–Crippen MR) is 61.6 cm³/mol. The van der Waals surface area contributed by atoms with Crippen LogP contribution < -0.4 is 5.73 Å². The van der Waals surface area contributed by atoms with Gasteiger partial charge in [-0.15, -0.1) is 0 Å². The number of H-pyrrole nitrogens is 2. The van der Waals surface area contributed by atoms with E-state index in [4.69, 9.17) is 5.73 Å². The first-order chi connectivity index (χ1) is 7.81. The first-order valence-corrected chi connectivity index (χ1v) is 5.21. The Kier molecular flexibility index (Phi) is 3.33. The number of aromatic amines is 2. The van der Waals surface area contributed by atoms with Gasteiger partial charge in [-0.1, -0.05) is 0 Å². The van der Waals surface area contributed by atoms with Gasteiger partial charge in [-0.05, 0) is 7.05 Å². The molecule has 2 heterocycles. The minimum Gasteiger partial charge on any atom is -0.329 e. The van der Waals surface area contributed by atoms with Crippen LogP contribution in [0.25, 0.3) is 11.3 Å². The number of nitrogens with zero attached hydrogens (tertiary/aromatic N) is 3. The van der Waals surface area contributed by atoms with Crippen LogP contribution in [0.3, 0.4) is 0 Å². The molecule has 0 saturated carbocycles. The quantitative estimate of drug-likeness (QED) is 0.671. The first-order valence-electron chi connectivity index (χ1n) is 5.21. The number of rotatable bonds is 5. The fourth-order valence-corrected chi connectivity index (χ4v) is 1.66. The maximum absolute atomic E-state index is 5.51. The van der Waals surface area contributed by atoms with Gasteiger partial charge in [0.2, 0.25) is 0 Å². The normalized spacial score (nSPS) is 11.2. The molecule has 2 aromatic rings. The fraction of sp³-hybridized carbons (Fsp3) is 0.400. The largest absolute Gasteiger partial charge is 0.329 e. The molecular weight excluding hydrogens is 204 g/mol. The van der Waals surface area contributed by atoms with Crippen molar-refractivity contribution in [1.29, 1.82) is 0 Å². The van der Waals surface area contributed by atoms with E-state index in [-0.39, 0.29) is 0 Å². The standard InChI is InChI=1S/C10H16N6/c1-16(3-2-11)7-9-6-14-15-10(9)8-4-12-13-5-8/h4-6H,2-3,7,11H2,1H3,(H,12,13)(H,14,15). The second-order valence-corrected chi connectivity index (χ2v) is 3.78. The lowest BCUT2D eigenvalue weighted by molar-refractivity contribution is 0.337. The van der Waals surface area contributed by atoms with Crippen LogP contribution in [0.2, 0.25) is 0 Å². The molecule has 16 heavy (non-hydrogen) atoms. The van der Waals surface area contributed by atoms with Gasteiger partial charge >= 0.3 is 0 Å². The fourth-order valence-electron chi connectivity index (χ4n) is 1.66. The minimum atomic E-state index is 0.662. The lowest BCUT2D eigenvalue weighted by Crippen LogP contribution is -2.25. The van der Waals surface area contributed by atoms with E-state index in [1.807, 2.05) is 19.4 Å². The highest BCUT2D eigenvalue weighted by Crippen LogP contribution is 2.20. The molecule has 0 aliphatic rings. The molecule has 2 aromatic heterocycles. The van der Waals surface area contributed by atoms with Gasteiger partial charge in [-0.2, -0.15) is 10.2 Å². The van der Waals surface area contributed by atoms with Crippen LogP contribution in [-0.2, 0) is 6.54 Å². The van der Waals surface area contributed by atoms with Crippen LogP contribution in [0.5, 0.6) is 0 Å². The van der Waals surface area contributed by atoms with E-state index in [2.05, 4.69) is 25.3 Å². The molecule has 0 fully saturated rings. The van der Waals surface area contributed by atoms with Gasteiger partial charge in [0, 0.05) is 37.0 Å². The number of nitrogens with one attached hydrogen (secondary N) is 2. The van der Waals surface area contributed by atoms with E-state index in [0.29, 0.717) is 6.54 Å². The van der Waals surface area contributed by atoms with Crippen molar-refractivity contribution in [3.63, 3.8) is 0 Å². The van der Waals surface area contributed by atoms with Crippen molar-refractivity contribution in [2.45, 2.75) is 6.54 Å². The van der Waals surface area contributed by atoms with Crippen molar-refractivity contribution in [2.75, 3.05) is 20.1 Å². The van der Waals surface area contributed by atoms with E-state index in [0.717, 1.165) is 29.9 Å². The van der Waals surface area contributed by atoms with Crippen LogP contribution in [-0.4, -0.2) is 45.4 Å². The van der Waals surface area contributed by atoms with Crippen molar-refractivity contribution in [3.05, 3.63) is 24.2 Å². The monoisotopic (exact) mass is 220 g/mol. The molecule has 4 N–H and O–H groups in total. The van der Waals surface area contributed by atoms with Gasteiger partial charge < -0.3 is 10.6 Å². The topological polar surface area (TPSA) is 86.6 Å². The van der Waals surface area contributed by atoms with Crippen molar-refractivity contribution < 1.29 is 0 Å². The molecular formula is C10H16N6. The lowest BCUT2D eigenvalue weighted by Gasteiger charge is -2.14. The summed E-state index contributed by atoms with van der Waals surface area (Å²) in [6.07, 6.45) is 5.47. The Morgan fingerprint density at radius 3 is 2.94 bits per heavy atom. The minimum absolute atomic E-state index is 0.662. The van der Waals surface area contributed by atoms with Gasteiger partial charge in [0.25, 0.3) is 0 Å². The maximum Gasteiger partial charge on any atom is 0.0726 e. The summed E-state index contributed by atoms with van der Waals surface area (Å²) in [5.74, 6) is 0. The molecule has 0 unspecified atom stereocenters. The van der Waals surface area contributed by atoms with Crippen LogP contribution in [0, 0.1) is 0 Å². The van der Waals surface area contributed by atoms with Gasteiger partial charge in [0.1, 0.15) is 0 Å². The molecule has 0 bridgehead atoms. The molecule has 0 amide bonds. The molecule has 0 spiro atoms. The molecule has 6 nitrogen and oxygen atoms in total. The average molecular weight is 220 g/mol. The number of likely N-dealkylation sites (N-methyl/N-ethyl adjacent to an activating group) is 1. The van der Waals surface area contributed by atoms with Gasteiger partial charge in [0.15, 0.2) is 0 Å². The third-order valence-electron chi connectivity index (χ3n) is 2.46. The molecule has 0 radical (unpaired) electrons. The lowest BCUT2D eigenvalue weighted by atomic mass is 10.1. The predicted octanol–water partition coefficient (Wildman–Crippen LogP) is 0.190. The Balaban J connectivity index is 2.14. The molecule has 86 valence electrons. The summed E-state index contributed by atoms with van der Waals surface area (Å²) in [6, 6.07) is 0. The third kappa shape index (κ3) is 2.29. The van der Waals surface area contributed by atoms with Crippen LogP contribution in [0.4, 0.5) is 0 Å². The number of hydrogen-bond donors (Lipinski definition) is 3. The van der Waals surface area contributed by atoms with E-state index in [9.17, 15) is 0 Å². The van der Waals surface area contributed by atoms with E-state index < -0.39 is 0 Å². The van der Waals surface area contributed by atoms with E-state index in [1.165, 1.54) is 0 Å². The summed E-state index contributed by atoms with van der Waals surface area (Å²) >= 11 is 0. The summed E-state index contributed by atoms with van der Waals surface area (Å²) in [5, 5.41) is 13.8. The molecule has 0 aromatic carbocycles. The highest BCUT2D eigenvalue weighted by molar-refractivity contribution is 5.60. The summed E-state index contributed by atoms with van der Waals surface area (Å²) in [4.78, 5) is 2.16. The second-order valence-electron chi connectivity index (χ2n) is 3.78. The van der Waals surface area contributed by atoms with E-state index >= 15 is 0 Å². The Labute approximate surface area is 93.8 Å². The zero-order valence-corrected chi connectivity index (χ0v) is 9.27. The molecule has 2 rings (SSSR count). The van der Waals surface area contributed by atoms with Crippen LogP contribution in [0.15, 0.2) is 18.6 Å². The smallest absolute Gasteiger partial charge is 0.0726 e. The number of aromatic nitrogens is 4. The zero-order valence-electron chi connectivity index (χ0n) is 9.27.